The number of hydrogen-bond donors (Lipinski definition) is 1. The highest BCUT2D eigenvalue weighted by atomic mass is 15.2. The zero-order valence-corrected chi connectivity index (χ0v) is 12.1. The van der Waals surface area contributed by atoms with Crippen molar-refractivity contribution < 1.29 is 0 Å². The predicted octanol–water partition coefficient (Wildman–Crippen LogP) is 2.89. The molecule has 0 aromatic rings. The molecule has 0 spiro atoms. The fraction of sp³-hybridized carbons (Fsp3) is 1.00. The summed E-state index contributed by atoms with van der Waals surface area (Å²) >= 11 is 0. The zero-order chi connectivity index (χ0) is 12.4. The highest BCUT2D eigenvalue weighted by molar-refractivity contribution is 4.91. The third-order valence-corrected chi connectivity index (χ3v) is 4.31. The Morgan fingerprint density at radius 1 is 1.38 bits per heavy atom. The Bertz CT molecular complexity index is 219. The van der Waals surface area contributed by atoms with E-state index in [1.54, 1.807) is 0 Å². The molecule has 2 heteroatoms. The van der Waals surface area contributed by atoms with Crippen LogP contribution in [0.5, 0.6) is 0 Å². The topological polar surface area (TPSA) is 15.3 Å². The Hall–Kier alpha value is -0.0800. The summed E-state index contributed by atoms with van der Waals surface area (Å²) in [4.78, 5) is 2.67. The predicted molar refractivity (Wildman–Crippen MR) is 71.8 cm³/mol. The Morgan fingerprint density at radius 3 is 2.50 bits per heavy atom. The van der Waals surface area contributed by atoms with Gasteiger partial charge in [-0.1, -0.05) is 27.7 Å². The number of nitrogens with zero attached hydrogens (tertiary/aromatic N) is 1. The van der Waals surface area contributed by atoms with E-state index in [1.165, 1.54) is 25.9 Å². The van der Waals surface area contributed by atoms with Crippen LogP contribution < -0.4 is 5.32 Å². The summed E-state index contributed by atoms with van der Waals surface area (Å²) in [6.45, 7) is 17.7. The van der Waals surface area contributed by atoms with Crippen molar-refractivity contribution in [2.24, 2.45) is 5.41 Å². The molecule has 2 atom stereocenters. The molecule has 1 aliphatic heterocycles. The van der Waals surface area contributed by atoms with Crippen molar-refractivity contribution in [1.29, 1.82) is 0 Å². The van der Waals surface area contributed by atoms with Crippen LogP contribution >= 0.6 is 0 Å². The maximum Gasteiger partial charge on any atom is 0.0277 e. The van der Waals surface area contributed by atoms with Crippen molar-refractivity contribution in [2.45, 2.75) is 66.0 Å². The van der Waals surface area contributed by atoms with Crippen LogP contribution in [0.1, 0.15) is 54.4 Å². The molecular formula is C14H30N2. The van der Waals surface area contributed by atoms with E-state index in [9.17, 15) is 0 Å². The second kappa shape index (κ2) is 5.05. The van der Waals surface area contributed by atoms with E-state index in [-0.39, 0.29) is 0 Å². The summed E-state index contributed by atoms with van der Waals surface area (Å²) in [5.74, 6) is 0. The quantitative estimate of drug-likeness (QED) is 0.779. The van der Waals surface area contributed by atoms with Gasteiger partial charge in [-0.3, -0.25) is 4.90 Å². The van der Waals surface area contributed by atoms with Crippen LogP contribution in [-0.2, 0) is 0 Å². The number of rotatable bonds is 2. The average molecular weight is 226 g/mol. The lowest BCUT2D eigenvalue weighted by Crippen LogP contribution is -2.52. The molecule has 1 rings (SSSR count). The van der Waals surface area contributed by atoms with Gasteiger partial charge >= 0.3 is 0 Å². The normalized spacial score (nSPS) is 31.1. The highest BCUT2D eigenvalue weighted by Gasteiger charge is 2.33. The molecule has 0 aromatic carbocycles. The minimum absolute atomic E-state index is 0.302. The average Bonchev–Trinajstić information content (AvgIpc) is 2.38. The fourth-order valence-electron chi connectivity index (χ4n) is 2.37. The van der Waals surface area contributed by atoms with Crippen LogP contribution in [0.4, 0.5) is 0 Å². The van der Waals surface area contributed by atoms with E-state index >= 15 is 0 Å². The first-order valence-electron chi connectivity index (χ1n) is 6.77. The van der Waals surface area contributed by atoms with Gasteiger partial charge in [0, 0.05) is 18.1 Å². The summed E-state index contributed by atoms with van der Waals surface area (Å²) in [6, 6.07) is 0.651. The lowest BCUT2D eigenvalue weighted by atomic mass is 9.85. The molecule has 1 saturated heterocycles. The molecule has 1 N–H and O–H groups in total. The molecule has 96 valence electrons. The second-order valence-corrected chi connectivity index (χ2v) is 6.71. The molecule has 1 heterocycles. The molecule has 2 nitrogen and oxygen atoms in total. The van der Waals surface area contributed by atoms with E-state index in [0.29, 0.717) is 17.0 Å². The maximum absolute atomic E-state index is 3.70. The molecule has 0 aromatic heterocycles. The van der Waals surface area contributed by atoms with Gasteiger partial charge in [0.2, 0.25) is 0 Å². The summed E-state index contributed by atoms with van der Waals surface area (Å²) in [7, 11) is 0. The van der Waals surface area contributed by atoms with Gasteiger partial charge in [-0.2, -0.15) is 0 Å². The first-order chi connectivity index (χ1) is 7.28. The van der Waals surface area contributed by atoms with Crippen molar-refractivity contribution in [3.05, 3.63) is 0 Å². The first-order valence-corrected chi connectivity index (χ1v) is 6.77. The molecular weight excluding hydrogens is 196 g/mol. The second-order valence-electron chi connectivity index (χ2n) is 6.71. The third-order valence-electron chi connectivity index (χ3n) is 4.31. The SMILES string of the molecule is CCC1(C)CN(C(C)C(C)(C)C)CCCN1. The summed E-state index contributed by atoms with van der Waals surface area (Å²) in [5, 5.41) is 3.70. The van der Waals surface area contributed by atoms with Crippen molar-refractivity contribution in [3.8, 4) is 0 Å². The van der Waals surface area contributed by atoms with Crippen LogP contribution in [0, 0.1) is 5.41 Å². The molecule has 16 heavy (non-hydrogen) atoms. The van der Waals surface area contributed by atoms with Gasteiger partial charge in [0.15, 0.2) is 0 Å². The summed E-state index contributed by atoms with van der Waals surface area (Å²) in [6.07, 6.45) is 2.48. The minimum atomic E-state index is 0.302. The molecule has 2 unspecified atom stereocenters. The molecule has 0 aliphatic carbocycles. The van der Waals surface area contributed by atoms with E-state index < -0.39 is 0 Å². The van der Waals surface area contributed by atoms with Crippen LogP contribution in [0.25, 0.3) is 0 Å². The first kappa shape index (κ1) is 14.0. The Kier molecular flexibility index (Phi) is 4.42. The molecule has 0 radical (unpaired) electrons. The standard InChI is InChI=1S/C14H30N2/c1-7-14(6)11-16(10-8-9-15-14)12(2)13(3,4)5/h12,15H,7-11H2,1-6H3. The van der Waals surface area contributed by atoms with E-state index in [2.05, 4.69) is 51.8 Å². The van der Waals surface area contributed by atoms with Crippen LogP contribution in [0.2, 0.25) is 0 Å². The Labute approximate surface area is 102 Å². The van der Waals surface area contributed by atoms with Crippen molar-refractivity contribution in [3.63, 3.8) is 0 Å². The lowest BCUT2D eigenvalue weighted by Gasteiger charge is -2.41. The number of nitrogens with one attached hydrogen (secondary N) is 1. The minimum Gasteiger partial charge on any atom is -0.310 e. The van der Waals surface area contributed by atoms with Gasteiger partial charge in [-0.25, -0.2) is 0 Å². The number of hydrogen-bond acceptors (Lipinski definition) is 2. The monoisotopic (exact) mass is 226 g/mol. The molecule has 1 aliphatic rings. The van der Waals surface area contributed by atoms with Gasteiger partial charge in [-0.05, 0) is 45.2 Å². The van der Waals surface area contributed by atoms with Gasteiger partial charge < -0.3 is 5.32 Å². The smallest absolute Gasteiger partial charge is 0.0277 e. The zero-order valence-electron chi connectivity index (χ0n) is 12.1. The van der Waals surface area contributed by atoms with Gasteiger partial charge in [0.25, 0.3) is 0 Å². The maximum atomic E-state index is 3.70. The molecule has 0 bridgehead atoms. The lowest BCUT2D eigenvalue weighted by molar-refractivity contribution is 0.0936. The third kappa shape index (κ3) is 3.46. The van der Waals surface area contributed by atoms with Crippen molar-refractivity contribution in [2.75, 3.05) is 19.6 Å². The summed E-state index contributed by atoms with van der Waals surface area (Å²) in [5.41, 5.74) is 0.676. The van der Waals surface area contributed by atoms with E-state index in [4.69, 9.17) is 0 Å². The van der Waals surface area contributed by atoms with E-state index in [1.807, 2.05) is 0 Å². The van der Waals surface area contributed by atoms with Crippen molar-refractivity contribution >= 4 is 0 Å². The molecule has 0 amide bonds. The largest absolute Gasteiger partial charge is 0.310 e. The van der Waals surface area contributed by atoms with Crippen molar-refractivity contribution in [1.82, 2.24) is 10.2 Å². The van der Waals surface area contributed by atoms with Gasteiger partial charge in [-0.15, -0.1) is 0 Å². The van der Waals surface area contributed by atoms with E-state index in [0.717, 1.165) is 6.54 Å². The Balaban J connectivity index is 2.73. The van der Waals surface area contributed by atoms with Crippen LogP contribution in [0.15, 0.2) is 0 Å². The summed E-state index contributed by atoms with van der Waals surface area (Å²) < 4.78 is 0. The molecule has 1 fully saturated rings. The van der Waals surface area contributed by atoms with Crippen LogP contribution in [0.3, 0.4) is 0 Å². The van der Waals surface area contributed by atoms with Gasteiger partial charge in [0.05, 0.1) is 0 Å². The van der Waals surface area contributed by atoms with Crippen LogP contribution in [-0.4, -0.2) is 36.1 Å². The fourth-order valence-corrected chi connectivity index (χ4v) is 2.37. The molecule has 0 saturated carbocycles. The highest BCUT2D eigenvalue weighted by Crippen LogP contribution is 2.27. The van der Waals surface area contributed by atoms with Gasteiger partial charge in [0.1, 0.15) is 0 Å². The Morgan fingerprint density at radius 2 is 2.00 bits per heavy atom.